The molecule has 0 spiro atoms. The fraction of sp³-hybridized carbons (Fsp3) is 0.833. The molecule has 0 saturated heterocycles. The Kier molecular flexibility index (Phi) is 3.89. The zero-order chi connectivity index (χ0) is 15.1. The van der Waals surface area contributed by atoms with Crippen molar-refractivity contribution in [3.05, 3.63) is 12.7 Å². The molecular weight excluding hydrogens is 264 g/mol. The van der Waals surface area contributed by atoms with Gasteiger partial charge in [0.15, 0.2) is 0 Å². The Labute approximate surface area is 128 Å². The summed E-state index contributed by atoms with van der Waals surface area (Å²) < 4.78 is 12.2. The summed E-state index contributed by atoms with van der Waals surface area (Å²) in [4.78, 5) is 11.7. The summed E-state index contributed by atoms with van der Waals surface area (Å²) >= 11 is 0. The van der Waals surface area contributed by atoms with Crippen LogP contribution in [0.5, 0.6) is 0 Å². The van der Waals surface area contributed by atoms with Gasteiger partial charge in [0.05, 0.1) is 5.60 Å². The Morgan fingerprint density at radius 2 is 1.95 bits per heavy atom. The molecule has 3 nitrogen and oxygen atoms in total. The van der Waals surface area contributed by atoms with Crippen molar-refractivity contribution in [3.63, 3.8) is 0 Å². The third-order valence-corrected chi connectivity index (χ3v) is 6.15. The van der Waals surface area contributed by atoms with Crippen LogP contribution in [0.2, 0.25) is 0 Å². The highest BCUT2D eigenvalue weighted by Gasteiger charge is 2.62. The van der Waals surface area contributed by atoms with Gasteiger partial charge in [0.1, 0.15) is 5.60 Å². The average Bonchev–Trinajstić information content (AvgIpc) is 2.44. The highest BCUT2D eigenvalue weighted by Crippen LogP contribution is 2.62. The van der Waals surface area contributed by atoms with E-state index >= 15 is 0 Å². The molecule has 4 fully saturated rings. The van der Waals surface area contributed by atoms with Gasteiger partial charge in [0.25, 0.3) is 0 Å². The first-order valence-corrected chi connectivity index (χ1v) is 8.50. The third kappa shape index (κ3) is 2.54. The van der Waals surface area contributed by atoms with Gasteiger partial charge in [-0.05, 0) is 51.4 Å². The van der Waals surface area contributed by atoms with E-state index in [4.69, 9.17) is 9.47 Å². The maximum Gasteiger partial charge on any atom is 0.330 e. The lowest BCUT2D eigenvalue weighted by Crippen LogP contribution is -2.64. The largest absolute Gasteiger partial charge is 0.456 e. The van der Waals surface area contributed by atoms with Crippen molar-refractivity contribution >= 4 is 5.97 Å². The highest BCUT2D eigenvalue weighted by molar-refractivity contribution is 5.81. The van der Waals surface area contributed by atoms with Gasteiger partial charge in [-0.25, -0.2) is 4.79 Å². The molecule has 2 atom stereocenters. The van der Waals surface area contributed by atoms with Crippen molar-refractivity contribution in [2.24, 2.45) is 17.8 Å². The molecule has 0 amide bonds. The summed E-state index contributed by atoms with van der Waals surface area (Å²) in [5, 5.41) is 0. The minimum Gasteiger partial charge on any atom is -0.456 e. The van der Waals surface area contributed by atoms with Crippen molar-refractivity contribution in [3.8, 4) is 0 Å². The second kappa shape index (κ2) is 5.42. The fourth-order valence-electron chi connectivity index (χ4n) is 5.15. The van der Waals surface area contributed by atoms with Gasteiger partial charge in [0, 0.05) is 24.5 Å². The molecule has 0 aromatic heterocycles. The van der Waals surface area contributed by atoms with E-state index in [2.05, 4.69) is 20.4 Å². The quantitative estimate of drug-likeness (QED) is 0.423. The minimum absolute atomic E-state index is 0.0752. The first-order valence-electron chi connectivity index (χ1n) is 8.50. The molecule has 0 aromatic rings. The lowest BCUT2D eigenvalue weighted by molar-refractivity contribution is -0.245. The van der Waals surface area contributed by atoms with Crippen LogP contribution >= 0.6 is 0 Å². The van der Waals surface area contributed by atoms with Gasteiger partial charge in [-0.3, -0.25) is 0 Å². The Morgan fingerprint density at radius 3 is 2.52 bits per heavy atom. The molecule has 0 aromatic carbocycles. The molecule has 4 saturated carbocycles. The molecule has 0 N–H and O–H groups in total. The van der Waals surface area contributed by atoms with E-state index in [0.29, 0.717) is 11.8 Å². The standard InChI is InChI=1S/C18H28O3/c1-4-6-7-20-18-10-13-8-14(11-18)17(3,15(9-13)12-18)21-16(19)5-2/h5,13-15H,2,4,6-12H2,1,3H3. The SMILES string of the molecule is C=CC(=O)OC1(C)C2CC3CC1CC(OCCCC)(C3)C2. The van der Waals surface area contributed by atoms with Crippen LogP contribution in [0, 0.1) is 17.8 Å². The monoisotopic (exact) mass is 292 g/mol. The summed E-state index contributed by atoms with van der Waals surface area (Å²) in [5.41, 5.74) is -0.231. The van der Waals surface area contributed by atoms with Gasteiger partial charge >= 0.3 is 5.97 Å². The number of rotatable bonds is 6. The molecule has 4 bridgehead atoms. The summed E-state index contributed by atoms with van der Waals surface area (Å²) in [6.07, 6.45) is 9.34. The topological polar surface area (TPSA) is 35.5 Å². The van der Waals surface area contributed by atoms with Crippen LogP contribution in [-0.4, -0.2) is 23.8 Å². The number of unbranched alkanes of at least 4 members (excludes halogenated alkanes) is 1. The van der Waals surface area contributed by atoms with Gasteiger partial charge in [-0.1, -0.05) is 19.9 Å². The van der Waals surface area contributed by atoms with E-state index in [1.54, 1.807) is 0 Å². The van der Waals surface area contributed by atoms with E-state index in [1.807, 2.05) is 0 Å². The van der Waals surface area contributed by atoms with Crippen molar-refractivity contribution in [2.45, 2.75) is 70.0 Å². The first kappa shape index (κ1) is 15.1. The molecule has 21 heavy (non-hydrogen) atoms. The van der Waals surface area contributed by atoms with Crippen molar-refractivity contribution < 1.29 is 14.3 Å². The second-order valence-corrected chi connectivity index (χ2v) is 7.54. The second-order valence-electron chi connectivity index (χ2n) is 7.54. The molecule has 2 unspecified atom stereocenters. The number of esters is 1. The normalized spacial score (nSPS) is 43.8. The average molecular weight is 292 g/mol. The Morgan fingerprint density at radius 1 is 1.29 bits per heavy atom. The molecule has 0 aliphatic heterocycles. The summed E-state index contributed by atoms with van der Waals surface area (Å²) in [6.45, 7) is 8.76. The molecule has 4 aliphatic carbocycles. The molecule has 118 valence electrons. The maximum absolute atomic E-state index is 11.7. The van der Waals surface area contributed by atoms with Crippen LogP contribution in [0.3, 0.4) is 0 Å². The summed E-state index contributed by atoms with van der Waals surface area (Å²) in [7, 11) is 0. The predicted octanol–water partition coefficient (Wildman–Crippen LogP) is 3.87. The van der Waals surface area contributed by atoms with E-state index in [9.17, 15) is 4.79 Å². The van der Waals surface area contributed by atoms with Gasteiger partial charge in [-0.2, -0.15) is 0 Å². The number of carbonyl (C=O) groups excluding carboxylic acids is 1. The van der Waals surface area contributed by atoms with Crippen LogP contribution in [0.15, 0.2) is 12.7 Å². The van der Waals surface area contributed by atoms with E-state index in [1.165, 1.54) is 31.8 Å². The lowest BCUT2D eigenvalue weighted by Gasteiger charge is -2.63. The summed E-state index contributed by atoms with van der Waals surface area (Å²) in [5.74, 6) is 1.40. The van der Waals surface area contributed by atoms with Crippen LogP contribution in [0.25, 0.3) is 0 Å². The van der Waals surface area contributed by atoms with Gasteiger partial charge in [-0.15, -0.1) is 0 Å². The van der Waals surface area contributed by atoms with E-state index < -0.39 is 0 Å². The van der Waals surface area contributed by atoms with Crippen molar-refractivity contribution in [2.75, 3.05) is 6.61 Å². The summed E-state index contributed by atoms with van der Waals surface area (Å²) in [6, 6.07) is 0. The van der Waals surface area contributed by atoms with Gasteiger partial charge < -0.3 is 9.47 Å². The highest BCUT2D eigenvalue weighted by atomic mass is 16.6. The molecule has 3 heteroatoms. The van der Waals surface area contributed by atoms with Gasteiger partial charge in [0.2, 0.25) is 0 Å². The van der Waals surface area contributed by atoms with Crippen molar-refractivity contribution in [1.82, 2.24) is 0 Å². The zero-order valence-electron chi connectivity index (χ0n) is 13.4. The molecule has 4 aliphatic rings. The number of hydrogen-bond acceptors (Lipinski definition) is 3. The van der Waals surface area contributed by atoms with E-state index in [-0.39, 0.29) is 17.2 Å². The van der Waals surface area contributed by atoms with E-state index in [0.717, 1.165) is 31.8 Å². The number of ether oxygens (including phenoxy) is 2. The van der Waals surface area contributed by atoms with Crippen LogP contribution in [0.4, 0.5) is 0 Å². The van der Waals surface area contributed by atoms with Crippen molar-refractivity contribution in [1.29, 1.82) is 0 Å². The third-order valence-electron chi connectivity index (χ3n) is 6.15. The number of hydrogen-bond donors (Lipinski definition) is 0. The first-order chi connectivity index (χ1) is 10.0. The number of carbonyl (C=O) groups is 1. The van der Waals surface area contributed by atoms with Crippen LogP contribution < -0.4 is 0 Å². The zero-order valence-corrected chi connectivity index (χ0v) is 13.4. The predicted molar refractivity (Wildman–Crippen MR) is 81.8 cm³/mol. The minimum atomic E-state index is -0.306. The Bertz CT molecular complexity index is 412. The Balaban J connectivity index is 1.75. The molecule has 0 radical (unpaired) electrons. The molecule has 4 rings (SSSR count). The molecule has 0 heterocycles. The molecular formula is C18H28O3. The van der Waals surface area contributed by atoms with Crippen LogP contribution in [-0.2, 0) is 14.3 Å². The fourth-order valence-corrected chi connectivity index (χ4v) is 5.15. The van der Waals surface area contributed by atoms with Crippen LogP contribution in [0.1, 0.15) is 58.8 Å². The Hall–Kier alpha value is -0.830. The maximum atomic E-state index is 11.7. The lowest BCUT2D eigenvalue weighted by atomic mass is 9.48. The smallest absolute Gasteiger partial charge is 0.330 e.